The van der Waals surface area contributed by atoms with E-state index in [9.17, 15) is 14.7 Å². The van der Waals surface area contributed by atoms with E-state index in [0.29, 0.717) is 21.3 Å². The first-order valence-electron chi connectivity index (χ1n) is 5.78. The highest BCUT2D eigenvalue weighted by Gasteiger charge is 2.31. The van der Waals surface area contributed by atoms with Crippen molar-refractivity contribution in [1.82, 2.24) is 10.6 Å². The number of urea groups is 1. The molecule has 0 unspecified atom stereocenters. The Balaban J connectivity index is 2.63. The summed E-state index contributed by atoms with van der Waals surface area (Å²) in [6, 6.07) is 2.27. The zero-order chi connectivity index (χ0) is 15.0. The highest BCUT2D eigenvalue weighted by molar-refractivity contribution is 9.11. The fourth-order valence-corrected chi connectivity index (χ4v) is 3.46. The van der Waals surface area contributed by atoms with Crippen LogP contribution < -0.4 is 10.6 Å². The molecule has 3 N–H and O–H groups in total. The molecule has 5 nitrogen and oxygen atoms in total. The summed E-state index contributed by atoms with van der Waals surface area (Å²) in [6.07, 6.45) is 0. The van der Waals surface area contributed by atoms with Crippen LogP contribution in [0.1, 0.15) is 25.5 Å². The highest BCUT2D eigenvalue weighted by Crippen LogP contribution is 2.39. The van der Waals surface area contributed by atoms with Crippen LogP contribution in [-0.2, 0) is 4.79 Å². The average Bonchev–Trinajstić information content (AvgIpc) is 2.32. The largest absolute Gasteiger partial charge is 0.506 e. The van der Waals surface area contributed by atoms with E-state index >= 15 is 0 Å². The Morgan fingerprint density at radius 1 is 1.35 bits per heavy atom. The van der Waals surface area contributed by atoms with Crippen LogP contribution in [0, 0.1) is 0 Å². The van der Waals surface area contributed by atoms with E-state index in [1.807, 2.05) is 0 Å². The molecule has 2 rings (SSSR count). The van der Waals surface area contributed by atoms with Gasteiger partial charge in [0.05, 0.1) is 10.5 Å². The maximum absolute atomic E-state index is 11.8. The fourth-order valence-electron chi connectivity index (χ4n) is 2.20. The average molecular weight is 404 g/mol. The third kappa shape index (κ3) is 2.73. The lowest BCUT2D eigenvalue weighted by molar-refractivity contribution is -0.114. The number of ketones is 1. The molecule has 0 radical (unpaired) electrons. The highest BCUT2D eigenvalue weighted by atomic mass is 79.9. The summed E-state index contributed by atoms with van der Waals surface area (Å²) in [4.78, 5) is 23.5. The number of hydrogen-bond donors (Lipinski definition) is 3. The van der Waals surface area contributed by atoms with E-state index in [2.05, 4.69) is 42.5 Å². The monoisotopic (exact) mass is 402 g/mol. The molecule has 1 aliphatic rings. The number of Topliss-reactive ketones (excluding diaryl/α,β-unsaturated/α-hetero) is 1. The Kier molecular flexibility index (Phi) is 4.19. The van der Waals surface area contributed by atoms with Crippen LogP contribution in [0.4, 0.5) is 4.79 Å². The standard InChI is InChI=1S/C13H12Br2N2O3/c1-5-10(6(2)18)11(17-13(20)16-5)8-3-7(14)4-9(15)12(8)19/h3-4,11,19H,1-2H3,(H2,16,17,20)/t11-/m0/s1. The molecule has 1 aromatic rings. The van der Waals surface area contributed by atoms with Crippen LogP contribution in [0.2, 0.25) is 0 Å². The van der Waals surface area contributed by atoms with Gasteiger partial charge in [-0.15, -0.1) is 0 Å². The Morgan fingerprint density at radius 3 is 2.60 bits per heavy atom. The van der Waals surface area contributed by atoms with Gasteiger partial charge >= 0.3 is 6.03 Å². The zero-order valence-electron chi connectivity index (χ0n) is 10.8. The maximum atomic E-state index is 11.8. The number of allylic oxidation sites excluding steroid dienone is 1. The predicted molar refractivity (Wildman–Crippen MR) is 81.3 cm³/mol. The number of halogens is 2. The Morgan fingerprint density at radius 2 is 2.00 bits per heavy atom. The van der Waals surface area contributed by atoms with Gasteiger partial charge in [0.15, 0.2) is 5.78 Å². The van der Waals surface area contributed by atoms with Gasteiger partial charge in [-0.25, -0.2) is 4.79 Å². The van der Waals surface area contributed by atoms with Crippen LogP contribution in [0.15, 0.2) is 32.3 Å². The number of aromatic hydroxyl groups is 1. The van der Waals surface area contributed by atoms with Crippen LogP contribution >= 0.6 is 31.9 Å². The predicted octanol–water partition coefficient (Wildman–Crippen LogP) is 3.13. The molecule has 0 bridgehead atoms. The molecular formula is C13H12Br2N2O3. The SMILES string of the molecule is CC(=O)C1=C(C)NC(=O)N[C@H]1c1cc(Br)cc(Br)c1O. The zero-order valence-corrected chi connectivity index (χ0v) is 13.9. The molecule has 0 saturated heterocycles. The molecule has 1 atom stereocenters. The lowest BCUT2D eigenvalue weighted by Crippen LogP contribution is -2.44. The van der Waals surface area contributed by atoms with E-state index < -0.39 is 12.1 Å². The van der Waals surface area contributed by atoms with E-state index in [1.54, 1.807) is 19.1 Å². The van der Waals surface area contributed by atoms with Crippen LogP contribution in [0.25, 0.3) is 0 Å². The second-order valence-electron chi connectivity index (χ2n) is 4.45. The summed E-state index contributed by atoms with van der Waals surface area (Å²) >= 11 is 6.57. The molecule has 0 aromatic heterocycles. The molecule has 1 aliphatic heterocycles. The maximum Gasteiger partial charge on any atom is 0.319 e. The first-order valence-corrected chi connectivity index (χ1v) is 7.37. The number of hydrogen-bond acceptors (Lipinski definition) is 3. The van der Waals surface area contributed by atoms with E-state index in [1.165, 1.54) is 6.92 Å². The minimum atomic E-state index is -0.685. The van der Waals surface area contributed by atoms with Gasteiger partial charge in [-0.3, -0.25) is 4.79 Å². The molecule has 0 fully saturated rings. The van der Waals surface area contributed by atoms with Gasteiger partial charge in [0.1, 0.15) is 5.75 Å². The van der Waals surface area contributed by atoms with E-state index in [4.69, 9.17) is 0 Å². The topological polar surface area (TPSA) is 78.4 Å². The first kappa shape index (κ1) is 15.1. The van der Waals surface area contributed by atoms with Crippen LogP contribution in [0.3, 0.4) is 0 Å². The van der Waals surface area contributed by atoms with Crippen molar-refractivity contribution in [2.75, 3.05) is 0 Å². The summed E-state index contributed by atoms with van der Waals surface area (Å²) in [5.41, 5.74) is 1.36. The normalized spacial score (nSPS) is 18.6. The number of benzene rings is 1. The van der Waals surface area contributed by atoms with Gasteiger partial charge in [-0.1, -0.05) is 15.9 Å². The van der Waals surface area contributed by atoms with Crippen molar-refractivity contribution >= 4 is 43.7 Å². The fraction of sp³-hybridized carbons (Fsp3) is 0.231. The smallest absolute Gasteiger partial charge is 0.319 e. The summed E-state index contributed by atoms with van der Waals surface area (Å²) in [6.45, 7) is 3.08. The quantitative estimate of drug-likeness (QED) is 0.709. The number of carbonyl (C=O) groups excluding carboxylic acids is 2. The molecule has 7 heteroatoms. The Hall–Kier alpha value is -1.34. The van der Waals surface area contributed by atoms with Crippen molar-refractivity contribution in [2.24, 2.45) is 0 Å². The van der Waals surface area contributed by atoms with Gasteiger partial charge in [-0.2, -0.15) is 0 Å². The molecule has 0 aliphatic carbocycles. The second kappa shape index (κ2) is 5.57. The summed E-state index contributed by atoms with van der Waals surface area (Å²) in [5.74, 6) is -0.178. The molecule has 0 saturated carbocycles. The van der Waals surface area contributed by atoms with E-state index in [0.717, 1.165) is 4.47 Å². The summed E-state index contributed by atoms with van der Waals surface area (Å²) in [5, 5.41) is 15.4. The molecule has 2 amide bonds. The van der Waals surface area contributed by atoms with Gasteiger partial charge in [0.25, 0.3) is 0 Å². The van der Waals surface area contributed by atoms with Crippen molar-refractivity contribution in [1.29, 1.82) is 0 Å². The number of nitrogens with one attached hydrogen (secondary N) is 2. The number of rotatable bonds is 2. The van der Waals surface area contributed by atoms with Gasteiger partial charge < -0.3 is 15.7 Å². The molecule has 1 aromatic carbocycles. The summed E-state index contributed by atoms with van der Waals surface area (Å²) in [7, 11) is 0. The minimum Gasteiger partial charge on any atom is -0.506 e. The third-order valence-electron chi connectivity index (χ3n) is 3.02. The lowest BCUT2D eigenvalue weighted by Gasteiger charge is -2.28. The molecule has 1 heterocycles. The molecule has 106 valence electrons. The lowest BCUT2D eigenvalue weighted by atomic mass is 9.92. The molecular weight excluding hydrogens is 392 g/mol. The van der Waals surface area contributed by atoms with Gasteiger partial charge in [0, 0.05) is 21.3 Å². The van der Waals surface area contributed by atoms with Crippen molar-refractivity contribution in [3.63, 3.8) is 0 Å². The number of carbonyl (C=O) groups is 2. The van der Waals surface area contributed by atoms with Crippen molar-refractivity contribution in [3.8, 4) is 5.75 Å². The minimum absolute atomic E-state index is 0.00745. The first-order chi connectivity index (χ1) is 9.31. The van der Waals surface area contributed by atoms with Crippen molar-refractivity contribution in [2.45, 2.75) is 19.9 Å². The number of phenols is 1. The van der Waals surface area contributed by atoms with E-state index in [-0.39, 0.29) is 11.5 Å². The van der Waals surface area contributed by atoms with Crippen molar-refractivity contribution < 1.29 is 14.7 Å². The second-order valence-corrected chi connectivity index (χ2v) is 6.22. The van der Waals surface area contributed by atoms with Gasteiger partial charge in [0.2, 0.25) is 0 Å². The summed E-state index contributed by atoms with van der Waals surface area (Å²) < 4.78 is 1.21. The van der Waals surface area contributed by atoms with Crippen LogP contribution in [0.5, 0.6) is 5.75 Å². The Bertz CT molecular complexity index is 641. The Labute approximate surface area is 132 Å². The third-order valence-corrected chi connectivity index (χ3v) is 4.08. The van der Waals surface area contributed by atoms with Crippen LogP contribution in [-0.4, -0.2) is 16.9 Å². The number of amides is 2. The molecule has 0 spiro atoms. The molecule has 20 heavy (non-hydrogen) atoms. The number of phenolic OH excluding ortho intramolecular Hbond substituents is 1. The van der Waals surface area contributed by atoms with Gasteiger partial charge in [-0.05, 0) is 41.9 Å². The van der Waals surface area contributed by atoms with Crippen molar-refractivity contribution in [3.05, 3.63) is 37.9 Å².